The minimum absolute atomic E-state index is 0.664. The van der Waals surface area contributed by atoms with Crippen LogP contribution >= 0.6 is 0 Å². The zero-order valence-electron chi connectivity index (χ0n) is 7.21. The normalized spacial score (nSPS) is 16.8. The molecule has 1 N–H and O–H groups in total. The van der Waals surface area contributed by atoms with Crippen molar-refractivity contribution in [2.45, 2.75) is 25.8 Å². The zero-order valence-corrected chi connectivity index (χ0v) is 7.21. The van der Waals surface area contributed by atoms with Gasteiger partial charge in [-0.1, -0.05) is 5.16 Å². The molecule has 0 radical (unpaired) electrons. The molecule has 66 valence electrons. The van der Waals surface area contributed by atoms with Crippen LogP contribution in [-0.2, 0) is 13.0 Å². The van der Waals surface area contributed by atoms with Crippen molar-refractivity contribution in [2.75, 3.05) is 7.05 Å². The lowest BCUT2D eigenvalue weighted by Crippen LogP contribution is -2.05. The molecule has 2 rings (SSSR count). The molecular formula is C8H13N3O. The molecule has 0 bridgehead atoms. The number of nitrogens with one attached hydrogen (secondary N) is 1. The highest BCUT2D eigenvalue weighted by Crippen LogP contribution is 2.31. The molecule has 0 saturated heterocycles. The average Bonchev–Trinajstić information content (AvgIpc) is 2.74. The lowest BCUT2D eigenvalue weighted by Gasteiger charge is -1.87. The first-order valence-corrected chi connectivity index (χ1v) is 4.34. The zero-order chi connectivity index (χ0) is 8.39. The first-order chi connectivity index (χ1) is 5.88. The van der Waals surface area contributed by atoms with Crippen LogP contribution in [-0.4, -0.2) is 17.2 Å². The molecule has 0 unspecified atom stereocenters. The standard InChI is InChI=1S/C8H13N3O/c1-9-5-8-10-7(11-12-8)4-6-2-3-6/h6,9H,2-5H2,1H3. The Kier molecular flexibility index (Phi) is 2.08. The molecule has 1 heterocycles. The Morgan fingerprint density at radius 1 is 1.58 bits per heavy atom. The Balaban J connectivity index is 1.92. The van der Waals surface area contributed by atoms with Crippen molar-refractivity contribution in [2.24, 2.45) is 5.92 Å². The predicted octanol–water partition coefficient (Wildman–Crippen LogP) is 0.741. The van der Waals surface area contributed by atoms with Crippen molar-refractivity contribution in [3.63, 3.8) is 0 Å². The summed E-state index contributed by atoms with van der Waals surface area (Å²) in [7, 11) is 1.87. The van der Waals surface area contributed by atoms with Crippen molar-refractivity contribution in [1.29, 1.82) is 0 Å². The second-order valence-electron chi connectivity index (χ2n) is 3.28. The maximum atomic E-state index is 5.01. The SMILES string of the molecule is CNCc1nc(CC2CC2)no1. The minimum Gasteiger partial charge on any atom is -0.338 e. The summed E-state index contributed by atoms with van der Waals surface area (Å²) in [5.74, 6) is 2.38. The third-order valence-corrected chi connectivity index (χ3v) is 2.01. The van der Waals surface area contributed by atoms with Gasteiger partial charge in [0.2, 0.25) is 5.89 Å². The van der Waals surface area contributed by atoms with Crippen molar-refractivity contribution in [3.05, 3.63) is 11.7 Å². The van der Waals surface area contributed by atoms with Gasteiger partial charge in [0.1, 0.15) is 0 Å². The Morgan fingerprint density at radius 3 is 3.08 bits per heavy atom. The number of rotatable bonds is 4. The Hall–Kier alpha value is -0.900. The van der Waals surface area contributed by atoms with E-state index in [2.05, 4.69) is 15.5 Å². The van der Waals surface area contributed by atoms with Crippen LogP contribution in [0.1, 0.15) is 24.6 Å². The largest absolute Gasteiger partial charge is 0.338 e. The van der Waals surface area contributed by atoms with E-state index in [1.54, 1.807) is 0 Å². The second kappa shape index (κ2) is 3.23. The predicted molar refractivity (Wildman–Crippen MR) is 43.5 cm³/mol. The van der Waals surface area contributed by atoms with Crippen molar-refractivity contribution in [1.82, 2.24) is 15.5 Å². The lowest BCUT2D eigenvalue weighted by atomic mass is 10.3. The molecule has 0 spiro atoms. The average molecular weight is 167 g/mol. The van der Waals surface area contributed by atoms with Crippen molar-refractivity contribution in [3.8, 4) is 0 Å². The topological polar surface area (TPSA) is 51.0 Å². The van der Waals surface area contributed by atoms with Gasteiger partial charge in [0.05, 0.1) is 6.54 Å². The highest BCUT2D eigenvalue weighted by molar-refractivity contribution is 4.91. The van der Waals surface area contributed by atoms with Gasteiger partial charge in [-0.3, -0.25) is 0 Å². The first kappa shape index (κ1) is 7.73. The van der Waals surface area contributed by atoms with Gasteiger partial charge < -0.3 is 9.84 Å². The molecule has 1 aliphatic carbocycles. The highest BCUT2D eigenvalue weighted by Gasteiger charge is 2.23. The molecule has 0 aliphatic heterocycles. The number of nitrogens with zero attached hydrogens (tertiary/aromatic N) is 2. The molecule has 1 aromatic heterocycles. The fraction of sp³-hybridized carbons (Fsp3) is 0.750. The molecule has 1 aromatic rings. The molecule has 4 nitrogen and oxygen atoms in total. The fourth-order valence-electron chi connectivity index (χ4n) is 1.18. The van der Waals surface area contributed by atoms with E-state index < -0.39 is 0 Å². The highest BCUT2D eigenvalue weighted by atomic mass is 16.5. The van der Waals surface area contributed by atoms with Gasteiger partial charge in [0.15, 0.2) is 5.82 Å². The Bertz CT molecular complexity index is 255. The Morgan fingerprint density at radius 2 is 2.42 bits per heavy atom. The molecule has 1 saturated carbocycles. The smallest absolute Gasteiger partial charge is 0.240 e. The van der Waals surface area contributed by atoms with Gasteiger partial charge >= 0.3 is 0 Å². The van der Waals surface area contributed by atoms with Crippen LogP contribution in [0.3, 0.4) is 0 Å². The van der Waals surface area contributed by atoms with Crippen LogP contribution < -0.4 is 5.32 Å². The van der Waals surface area contributed by atoms with Gasteiger partial charge in [-0.15, -0.1) is 0 Å². The van der Waals surface area contributed by atoms with Gasteiger partial charge in [-0.25, -0.2) is 0 Å². The fourth-order valence-corrected chi connectivity index (χ4v) is 1.18. The second-order valence-corrected chi connectivity index (χ2v) is 3.28. The molecule has 12 heavy (non-hydrogen) atoms. The van der Waals surface area contributed by atoms with E-state index in [4.69, 9.17) is 4.52 Å². The summed E-state index contributed by atoms with van der Waals surface area (Å²) in [5.41, 5.74) is 0. The third kappa shape index (κ3) is 1.82. The van der Waals surface area contributed by atoms with Gasteiger partial charge in [0.25, 0.3) is 0 Å². The molecular weight excluding hydrogens is 154 g/mol. The summed E-state index contributed by atoms with van der Waals surface area (Å²) in [5, 5.41) is 6.86. The summed E-state index contributed by atoms with van der Waals surface area (Å²) in [6.07, 6.45) is 3.65. The van der Waals surface area contributed by atoms with Crippen LogP contribution in [0.4, 0.5) is 0 Å². The maximum absolute atomic E-state index is 5.01. The molecule has 4 heteroatoms. The van der Waals surface area contributed by atoms with E-state index in [0.717, 1.165) is 18.2 Å². The van der Waals surface area contributed by atoms with Crippen molar-refractivity contribution >= 4 is 0 Å². The maximum Gasteiger partial charge on any atom is 0.240 e. The summed E-state index contributed by atoms with van der Waals surface area (Å²) < 4.78 is 5.01. The van der Waals surface area contributed by atoms with E-state index in [1.165, 1.54) is 12.8 Å². The number of hydrogen-bond acceptors (Lipinski definition) is 4. The van der Waals surface area contributed by atoms with E-state index in [9.17, 15) is 0 Å². The lowest BCUT2D eigenvalue weighted by molar-refractivity contribution is 0.366. The third-order valence-electron chi connectivity index (χ3n) is 2.01. The van der Waals surface area contributed by atoms with Crippen LogP contribution in [0.2, 0.25) is 0 Å². The summed E-state index contributed by atoms with van der Waals surface area (Å²) in [6.45, 7) is 0.664. The molecule has 0 amide bonds. The first-order valence-electron chi connectivity index (χ1n) is 4.34. The van der Waals surface area contributed by atoms with Gasteiger partial charge in [0, 0.05) is 6.42 Å². The Labute approximate surface area is 71.4 Å². The molecule has 1 fully saturated rings. The van der Waals surface area contributed by atoms with Crippen LogP contribution in [0, 0.1) is 5.92 Å². The summed E-state index contributed by atoms with van der Waals surface area (Å²) >= 11 is 0. The molecule has 0 atom stereocenters. The number of aromatic nitrogens is 2. The van der Waals surface area contributed by atoms with Gasteiger partial charge in [-0.2, -0.15) is 4.98 Å². The van der Waals surface area contributed by atoms with Crippen LogP contribution in [0.25, 0.3) is 0 Å². The van der Waals surface area contributed by atoms with Gasteiger partial charge in [-0.05, 0) is 25.8 Å². The minimum atomic E-state index is 0.664. The monoisotopic (exact) mass is 167 g/mol. The molecule has 0 aromatic carbocycles. The molecule has 1 aliphatic rings. The quantitative estimate of drug-likeness (QED) is 0.718. The summed E-state index contributed by atoms with van der Waals surface area (Å²) in [4.78, 5) is 4.24. The van der Waals surface area contributed by atoms with Crippen LogP contribution in [0.5, 0.6) is 0 Å². The van der Waals surface area contributed by atoms with E-state index in [1.807, 2.05) is 7.05 Å². The van der Waals surface area contributed by atoms with Crippen LogP contribution in [0.15, 0.2) is 4.52 Å². The van der Waals surface area contributed by atoms with E-state index in [-0.39, 0.29) is 0 Å². The van der Waals surface area contributed by atoms with E-state index >= 15 is 0 Å². The van der Waals surface area contributed by atoms with Crippen molar-refractivity contribution < 1.29 is 4.52 Å². The van der Waals surface area contributed by atoms with E-state index in [0.29, 0.717) is 12.4 Å². The number of hydrogen-bond donors (Lipinski definition) is 1. The summed E-state index contributed by atoms with van der Waals surface area (Å²) in [6, 6.07) is 0.